The number of fused-ring (bicyclic) bond motifs is 1. The largest absolute Gasteiger partial charge is 0.326 e. The van der Waals surface area contributed by atoms with Gasteiger partial charge in [-0.2, -0.15) is 0 Å². The normalized spacial score (nSPS) is 10.8. The van der Waals surface area contributed by atoms with Crippen LogP contribution in [0, 0.1) is 0 Å². The van der Waals surface area contributed by atoms with E-state index in [4.69, 9.17) is 5.73 Å². The predicted molar refractivity (Wildman–Crippen MR) is 55.2 cm³/mol. The highest BCUT2D eigenvalue weighted by molar-refractivity contribution is 9.11. The van der Waals surface area contributed by atoms with Crippen LogP contribution in [0.3, 0.4) is 0 Å². The van der Waals surface area contributed by atoms with Crippen LogP contribution in [0.25, 0.3) is 10.2 Å². The molecule has 2 aromatic rings. The topological polar surface area (TPSA) is 38.9 Å². The third-order valence-corrected chi connectivity index (χ3v) is 3.21. The summed E-state index contributed by atoms with van der Waals surface area (Å²) in [6.45, 7) is 0.554. The van der Waals surface area contributed by atoms with Crippen molar-refractivity contribution >= 4 is 37.5 Å². The van der Waals surface area contributed by atoms with Gasteiger partial charge in [-0.3, -0.25) is 4.98 Å². The molecule has 0 atom stereocenters. The molecule has 0 radical (unpaired) electrons. The number of hydrogen-bond acceptors (Lipinski definition) is 3. The summed E-state index contributed by atoms with van der Waals surface area (Å²) in [4.78, 5) is 4.27. The second kappa shape index (κ2) is 3.12. The van der Waals surface area contributed by atoms with Gasteiger partial charge in [-0.05, 0) is 33.6 Å². The number of halogens is 1. The van der Waals surface area contributed by atoms with Gasteiger partial charge in [0.1, 0.15) is 0 Å². The van der Waals surface area contributed by atoms with Gasteiger partial charge in [0.05, 0.1) is 14.0 Å². The quantitative estimate of drug-likeness (QED) is 0.835. The fourth-order valence-electron chi connectivity index (χ4n) is 1.04. The molecule has 2 heterocycles. The first-order chi connectivity index (χ1) is 5.79. The maximum atomic E-state index is 5.50. The Bertz CT molecular complexity index is 410. The molecule has 0 aliphatic rings. The van der Waals surface area contributed by atoms with Crippen LogP contribution >= 0.6 is 27.3 Å². The first-order valence-corrected chi connectivity index (χ1v) is 5.14. The van der Waals surface area contributed by atoms with Crippen molar-refractivity contribution in [1.29, 1.82) is 0 Å². The minimum absolute atomic E-state index is 0.554. The van der Waals surface area contributed by atoms with Gasteiger partial charge >= 0.3 is 0 Å². The fraction of sp³-hybridized carbons (Fsp3) is 0.125. The van der Waals surface area contributed by atoms with Crippen molar-refractivity contribution in [2.24, 2.45) is 5.73 Å². The summed E-state index contributed by atoms with van der Waals surface area (Å²) in [5.41, 5.74) is 7.61. The van der Waals surface area contributed by atoms with Crippen molar-refractivity contribution in [1.82, 2.24) is 4.98 Å². The van der Waals surface area contributed by atoms with Crippen LogP contribution in [0.2, 0.25) is 0 Å². The van der Waals surface area contributed by atoms with Gasteiger partial charge in [-0.25, -0.2) is 0 Å². The van der Waals surface area contributed by atoms with Gasteiger partial charge in [-0.15, -0.1) is 11.3 Å². The number of thiophene rings is 1. The Kier molecular flexibility index (Phi) is 2.12. The van der Waals surface area contributed by atoms with E-state index in [1.165, 1.54) is 4.70 Å². The standard InChI is InChI=1S/C8H7BrN2S/c9-8-2-6-7(12-8)1-5(3-10)4-11-6/h1-2,4H,3,10H2. The van der Waals surface area contributed by atoms with E-state index >= 15 is 0 Å². The Morgan fingerprint density at radius 2 is 2.33 bits per heavy atom. The van der Waals surface area contributed by atoms with Gasteiger partial charge in [0.2, 0.25) is 0 Å². The number of rotatable bonds is 1. The number of pyridine rings is 1. The van der Waals surface area contributed by atoms with E-state index in [-0.39, 0.29) is 0 Å². The Morgan fingerprint density at radius 1 is 1.50 bits per heavy atom. The molecule has 2 N–H and O–H groups in total. The minimum atomic E-state index is 0.554. The number of nitrogens with two attached hydrogens (primary N) is 1. The Morgan fingerprint density at radius 3 is 3.08 bits per heavy atom. The van der Waals surface area contributed by atoms with Crippen molar-refractivity contribution in [3.63, 3.8) is 0 Å². The molecular formula is C8H7BrN2S. The summed E-state index contributed by atoms with van der Waals surface area (Å²) in [5.74, 6) is 0. The van der Waals surface area contributed by atoms with Gasteiger partial charge in [0.15, 0.2) is 0 Å². The molecule has 0 aliphatic heterocycles. The van der Waals surface area contributed by atoms with Crippen molar-refractivity contribution in [3.8, 4) is 0 Å². The highest BCUT2D eigenvalue weighted by Crippen LogP contribution is 2.28. The molecule has 0 aromatic carbocycles. The summed E-state index contributed by atoms with van der Waals surface area (Å²) < 4.78 is 2.30. The summed E-state index contributed by atoms with van der Waals surface area (Å²) in [6, 6.07) is 4.10. The molecule has 0 aliphatic carbocycles. The molecule has 0 unspecified atom stereocenters. The third-order valence-electron chi connectivity index (χ3n) is 1.63. The van der Waals surface area contributed by atoms with Crippen LogP contribution in [0.15, 0.2) is 22.1 Å². The SMILES string of the molecule is NCc1cnc2cc(Br)sc2c1. The lowest BCUT2D eigenvalue weighted by Crippen LogP contribution is -1.95. The maximum Gasteiger partial charge on any atom is 0.0821 e. The minimum Gasteiger partial charge on any atom is -0.326 e. The number of aromatic nitrogens is 1. The molecule has 2 rings (SSSR count). The Labute approximate surface area is 82.5 Å². The average Bonchev–Trinajstić information content (AvgIpc) is 2.43. The van der Waals surface area contributed by atoms with Gasteiger partial charge in [-0.1, -0.05) is 0 Å². The zero-order valence-corrected chi connectivity index (χ0v) is 8.65. The molecule has 0 saturated carbocycles. The smallest absolute Gasteiger partial charge is 0.0821 e. The van der Waals surface area contributed by atoms with E-state index in [0.29, 0.717) is 6.54 Å². The van der Waals surface area contributed by atoms with Crippen molar-refractivity contribution in [3.05, 3.63) is 27.7 Å². The summed E-state index contributed by atoms with van der Waals surface area (Å²) in [5, 5.41) is 0. The lowest BCUT2D eigenvalue weighted by Gasteiger charge is -1.93. The van der Waals surface area contributed by atoms with E-state index in [1.54, 1.807) is 11.3 Å². The molecule has 0 saturated heterocycles. The lowest BCUT2D eigenvalue weighted by molar-refractivity contribution is 1.06. The Balaban J connectivity index is 2.66. The molecule has 2 nitrogen and oxygen atoms in total. The third kappa shape index (κ3) is 1.37. The first kappa shape index (κ1) is 8.16. The average molecular weight is 243 g/mol. The van der Waals surface area contributed by atoms with Crippen LogP contribution in [0.4, 0.5) is 0 Å². The fourth-order valence-corrected chi connectivity index (χ4v) is 2.59. The molecule has 0 bridgehead atoms. The van der Waals surface area contributed by atoms with Crippen LogP contribution in [0.5, 0.6) is 0 Å². The molecule has 0 spiro atoms. The first-order valence-electron chi connectivity index (χ1n) is 3.53. The highest BCUT2D eigenvalue weighted by Gasteiger charge is 2.00. The molecule has 12 heavy (non-hydrogen) atoms. The zero-order chi connectivity index (χ0) is 8.55. The molecular weight excluding hydrogens is 236 g/mol. The highest BCUT2D eigenvalue weighted by atomic mass is 79.9. The van der Waals surface area contributed by atoms with Crippen LogP contribution in [-0.2, 0) is 6.54 Å². The summed E-state index contributed by atoms with van der Waals surface area (Å²) >= 11 is 5.10. The van der Waals surface area contributed by atoms with E-state index < -0.39 is 0 Å². The summed E-state index contributed by atoms with van der Waals surface area (Å²) in [6.07, 6.45) is 1.82. The van der Waals surface area contributed by atoms with Crippen molar-refractivity contribution < 1.29 is 0 Å². The maximum absolute atomic E-state index is 5.50. The molecule has 0 fully saturated rings. The van der Waals surface area contributed by atoms with Crippen LogP contribution < -0.4 is 5.73 Å². The molecule has 0 amide bonds. The van der Waals surface area contributed by atoms with E-state index in [0.717, 1.165) is 14.9 Å². The van der Waals surface area contributed by atoms with Gasteiger partial charge in [0, 0.05) is 12.7 Å². The van der Waals surface area contributed by atoms with E-state index in [9.17, 15) is 0 Å². The zero-order valence-electron chi connectivity index (χ0n) is 6.25. The Hall–Kier alpha value is -0.450. The monoisotopic (exact) mass is 242 g/mol. The van der Waals surface area contributed by atoms with Crippen molar-refractivity contribution in [2.45, 2.75) is 6.54 Å². The number of nitrogens with zero attached hydrogens (tertiary/aromatic N) is 1. The predicted octanol–water partition coefficient (Wildman–Crippen LogP) is 2.52. The number of hydrogen-bond donors (Lipinski definition) is 1. The lowest BCUT2D eigenvalue weighted by atomic mass is 10.3. The van der Waals surface area contributed by atoms with Crippen LogP contribution in [-0.4, -0.2) is 4.98 Å². The van der Waals surface area contributed by atoms with Crippen molar-refractivity contribution in [2.75, 3.05) is 0 Å². The second-order valence-corrected chi connectivity index (χ2v) is 4.94. The molecule has 2 aromatic heterocycles. The molecule has 4 heteroatoms. The van der Waals surface area contributed by atoms with Gasteiger partial charge < -0.3 is 5.73 Å². The van der Waals surface area contributed by atoms with Crippen LogP contribution in [0.1, 0.15) is 5.56 Å². The summed E-state index contributed by atoms with van der Waals surface area (Å²) in [7, 11) is 0. The second-order valence-electron chi connectivity index (χ2n) is 2.48. The molecule has 62 valence electrons. The van der Waals surface area contributed by atoms with E-state index in [2.05, 4.69) is 27.0 Å². The van der Waals surface area contributed by atoms with E-state index in [1.807, 2.05) is 12.3 Å². The van der Waals surface area contributed by atoms with Gasteiger partial charge in [0.25, 0.3) is 0 Å².